The first-order chi connectivity index (χ1) is 7.50. The number of halogens is 2. The summed E-state index contributed by atoms with van der Waals surface area (Å²) in [5, 5.41) is 8.56. The molecule has 0 amide bonds. The summed E-state index contributed by atoms with van der Waals surface area (Å²) < 4.78 is 14.1. The molecule has 0 aliphatic heterocycles. The number of thioether (sulfide) groups is 1. The maximum absolute atomic E-state index is 13.3. The van der Waals surface area contributed by atoms with E-state index in [2.05, 4.69) is 15.9 Å². The lowest BCUT2D eigenvalue weighted by atomic mass is 10.2. The topological polar surface area (TPSA) is 63.3 Å². The Morgan fingerprint density at radius 3 is 2.94 bits per heavy atom. The minimum atomic E-state index is -1.04. The quantitative estimate of drug-likeness (QED) is 0.875. The fourth-order valence-electron chi connectivity index (χ4n) is 1.02. The third-order valence-corrected chi connectivity index (χ3v) is 3.48. The van der Waals surface area contributed by atoms with Gasteiger partial charge in [0.25, 0.3) is 0 Å². The van der Waals surface area contributed by atoms with E-state index >= 15 is 0 Å². The molecule has 0 bridgehead atoms. The van der Waals surface area contributed by atoms with Crippen molar-refractivity contribution in [3.8, 4) is 0 Å². The highest BCUT2D eigenvalue weighted by molar-refractivity contribution is 9.10. The van der Waals surface area contributed by atoms with Crippen molar-refractivity contribution >= 4 is 33.7 Å². The molecule has 6 heteroatoms. The van der Waals surface area contributed by atoms with E-state index in [4.69, 9.17) is 10.8 Å². The van der Waals surface area contributed by atoms with E-state index in [1.165, 1.54) is 17.8 Å². The zero-order valence-electron chi connectivity index (χ0n) is 8.32. The minimum Gasteiger partial charge on any atom is -0.480 e. The normalized spacial score (nSPS) is 12.4. The molecular weight excluding hydrogens is 297 g/mol. The van der Waals surface area contributed by atoms with Gasteiger partial charge in [-0.15, -0.1) is 0 Å². The van der Waals surface area contributed by atoms with Crippen LogP contribution in [0.15, 0.2) is 22.7 Å². The van der Waals surface area contributed by atoms with Crippen molar-refractivity contribution in [2.75, 3.05) is 5.75 Å². The van der Waals surface area contributed by atoms with Crippen molar-refractivity contribution in [1.29, 1.82) is 0 Å². The molecule has 0 aromatic heterocycles. The largest absolute Gasteiger partial charge is 0.480 e. The Labute approximate surface area is 105 Å². The molecule has 16 heavy (non-hydrogen) atoms. The van der Waals surface area contributed by atoms with Crippen LogP contribution < -0.4 is 5.73 Å². The van der Waals surface area contributed by atoms with Crippen LogP contribution in [0.5, 0.6) is 0 Å². The van der Waals surface area contributed by atoms with Crippen LogP contribution in [0.1, 0.15) is 5.56 Å². The first kappa shape index (κ1) is 13.5. The second-order valence-electron chi connectivity index (χ2n) is 3.20. The molecule has 0 unspecified atom stereocenters. The van der Waals surface area contributed by atoms with E-state index in [1.807, 2.05) is 0 Å². The lowest BCUT2D eigenvalue weighted by Crippen LogP contribution is -2.32. The van der Waals surface area contributed by atoms with Gasteiger partial charge in [-0.25, -0.2) is 4.39 Å². The number of aliphatic carboxylic acids is 1. The Morgan fingerprint density at radius 2 is 2.31 bits per heavy atom. The first-order valence-corrected chi connectivity index (χ1v) is 6.45. The van der Waals surface area contributed by atoms with Crippen LogP contribution in [0.3, 0.4) is 0 Å². The van der Waals surface area contributed by atoms with Crippen molar-refractivity contribution in [1.82, 2.24) is 0 Å². The third kappa shape index (κ3) is 4.11. The lowest BCUT2D eigenvalue weighted by molar-refractivity contribution is -0.137. The van der Waals surface area contributed by atoms with Crippen LogP contribution >= 0.6 is 27.7 Å². The molecule has 0 aliphatic rings. The molecule has 1 aromatic carbocycles. The summed E-state index contributed by atoms with van der Waals surface area (Å²) >= 11 is 4.54. The molecular formula is C10H11BrFNO2S. The Hall–Kier alpha value is -0.590. The third-order valence-electron chi connectivity index (χ3n) is 1.88. The SMILES string of the molecule is N[C@H](CSCc1cc(Br)ccc1F)C(=O)O. The van der Waals surface area contributed by atoms with Crippen molar-refractivity contribution in [3.05, 3.63) is 34.1 Å². The summed E-state index contributed by atoms with van der Waals surface area (Å²) in [7, 11) is 0. The monoisotopic (exact) mass is 307 g/mol. The lowest BCUT2D eigenvalue weighted by Gasteiger charge is -2.07. The van der Waals surface area contributed by atoms with E-state index in [0.717, 1.165) is 4.47 Å². The number of hydrogen-bond acceptors (Lipinski definition) is 3. The van der Waals surface area contributed by atoms with Gasteiger partial charge in [0.1, 0.15) is 11.9 Å². The summed E-state index contributed by atoms with van der Waals surface area (Å²) in [6.07, 6.45) is 0. The summed E-state index contributed by atoms with van der Waals surface area (Å²) in [6.45, 7) is 0. The average molecular weight is 308 g/mol. The number of nitrogens with two attached hydrogens (primary N) is 1. The second-order valence-corrected chi connectivity index (χ2v) is 5.14. The molecule has 0 spiro atoms. The second kappa shape index (κ2) is 6.22. The van der Waals surface area contributed by atoms with Crippen LogP contribution in [-0.4, -0.2) is 22.9 Å². The molecule has 3 nitrogen and oxygen atoms in total. The van der Waals surface area contributed by atoms with E-state index in [1.54, 1.807) is 12.1 Å². The van der Waals surface area contributed by atoms with Crippen LogP contribution in [-0.2, 0) is 10.5 Å². The maximum Gasteiger partial charge on any atom is 0.321 e. The number of carboxylic acid groups (broad SMARTS) is 1. The molecule has 0 heterocycles. The van der Waals surface area contributed by atoms with Crippen LogP contribution in [0.2, 0.25) is 0 Å². The van der Waals surface area contributed by atoms with Gasteiger partial charge in [0.15, 0.2) is 0 Å². The van der Waals surface area contributed by atoms with E-state index in [0.29, 0.717) is 11.3 Å². The van der Waals surface area contributed by atoms with Crippen molar-refractivity contribution in [2.24, 2.45) is 5.73 Å². The molecule has 0 aliphatic carbocycles. The van der Waals surface area contributed by atoms with E-state index < -0.39 is 12.0 Å². The van der Waals surface area contributed by atoms with E-state index in [9.17, 15) is 9.18 Å². The molecule has 1 atom stereocenters. The maximum atomic E-state index is 13.3. The van der Waals surface area contributed by atoms with Crippen molar-refractivity contribution in [3.63, 3.8) is 0 Å². The number of carbonyl (C=O) groups is 1. The smallest absolute Gasteiger partial charge is 0.321 e. The molecule has 88 valence electrons. The predicted octanol–water partition coefficient (Wildman–Crippen LogP) is 2.23. The summed E-state index contributed by atoms with van der Waals surface area (Å²) in [5.74, 6) is -0.658. The standard InChI is InChI=1S/C10H11BrFNO2S/c11-7-1-2-8(12)6(3-7)4-16-5-9(13)10(14)15/h1-3,9H,4-5,13H2,(H,14,15)/t9-/m1/s1. The zero-order valence-corrected chi connectivity index (χ0v) is 10.7. The van der Waals surface area contributed by atoms with Crippen LogP contribution in [0.25, 0.3) is 0 Å². The summed E-state index contributed by atoms with van der Waals surface area (Å²) in [6, 6.07) is 3.76. The van der Waals surface area contributed by atoms with Gasteiger partial charge < -0.3 is 10.8 Å². The minimum absolute atomic E-state index is 0.265. The highest BCUT2D eigenvalue weighted by Gasteiger charge is 2.11. The van der Waals surface area contributed by atoms with Crippen LogP contribution in [0.4, 0.5) is 4.39 Å². The van der Waals surface area contributed by atoms with Gasteiger partial charge in [-0.2, -0.15) is 11.8 Å². The Morgan fingerprint density at radius 1 is 1.62 bits per heavy atom. The van der Waals surface area contributed by atoms with E-state index in [-0.39, 0.29) is 11.6 Å². The van der Waals surface area contributed by atoms with Crippen molar-refractivity contribution < 1.29 is 14.3 Å². The molecule has 1 rings (SSSR count). The number of hydrogen-bond donors (Lipinski definition) is 2. The number of carboxylic acids is 1. The molecule has 0 saturated heterocycles. The zero-order chi connectivity index (χ0) is 12.1. The molecule has 0 radical (unpaired) electrons. The van der Waals surface area contributed by atoms with Gasteiger partial charge in [0.2, 0.25) is 0 Å². The Bertz CT molecular complexity index is 389. The Kier molecular flexibility index (Phi) is 5.24. The number of rotatable bonds is 5. The summed E-state index contributed by atoms with van der Waals surface area (Å²) in [4.78, 5) is 10.4. The molecule has 1 aromatic rings. The number of benzene rings is 1. The highest BCUT2D eigenvalue weighted by Crippen LogP contribution is 2.20. The van der Waals surface area contributed by atoms with Crippen molar-refractivity contribution in [2.45, 2.75) is 11.8 Å². The summed E-state index contributed by atoms with van der Waals surface area (Å²) in [5.41, 5.74) is 5.86. The van der Waals surface area contributed by atoms with Gasteiger partial charge in [-0.05, 0) is 23.8 Å². The highest BCUT2D eigenvalue weighted by atomic mass is 79.9. The van der Waals surface area contributed by atoms with Crippen LogP contribution in [0, 0.1) is 5.82 Å². The van der Waals surface area contributed by atoms with Gasteiger partial charge >= 0.3 is 5.97 Å². The Balaban J connectivity index is 2.48. The average Bonchev–Trinajstić information content (AvgIpc) is 2.22. The fourth-order valence-corrected chi connectivity index (χ4v) is 2.39. The molecule has 0 fully saturated rings. The molecule has 0 saturated carbocycles. The van der Waals surface area contributed by atoms with Gasteiger partial charge in [0, 0.05) is 16.0 Å². The van der Waals surface area contributed by atoms with Gasteiger partial charge in [-0.3, -0.25) is 4.79 Å². The molecule has 3 N–H and O–H groups in total. The van der Waals surface area contributed by atoms with Gasteiger partial charge in [0.05, 0.1) is 0 Å². The fraction of sp³-hybridized carbons (Fsp3) is 0.300. The predicted molar refractivity (Wildman–Crippen MR) is 65.9 cm³/mol. The first-order valence-electron chi connectivity index (χ1n) is 4.50. The van der Waals surface area contributed by atoms with Gasteiger partial charge in [-0.1, -0.05) is 15.9 Å².